The molecule has 6 heteroatoms. The number of aldehydes is 1. The Labute approximate surface area is 121 Å². The fraction of sp³-hybridized carbons (Fsp3) is 0.308. The SMILES string of the molecule is Cc1ccc(S(=O)(=O)N2CCC(Br)=C(C=O)C2)cc1. The van der Waals surface area contributed by atoms with E-state index in [1.54, 1.807) is 24.3 Å². The molecule has 0 bridgehead atoms. The van der Waals surface area contributed by atoms with E-state index in [0.29, 0.717) is 24.8 Å². The van der Waals surface area contributed by atoms with Crippen molar-refractivity contribution in [3.8, 4) is 0 Å². The quantitative estimate of drug-likeness (QED) is 0.791. The summed E-state index contributed by atoms with van der Waals surface area (Å²) in [5.41, 5.74) is 1.50. The Morgan fingerprint density at radius 2 is 1.89 bits per heavy atom. The van der Waals surface area contributed by atoms with E-state index in [0.717, 1.165) is 10.0 Å². The molecule has 4 nitrogen and oxygen atoms in total. The number of hydrogen-bond donors (Lipinski definition) is 0. The highest BCUT2D eigenvalue weighted by atomic mass is 79.9. The van der Waals surface area contributed by atoms with Crippen molar-refractivity contribution in [1.29, 1.82) is 0 Å². The fourth-order valence-corrected chi connectivity index (χ4v) is 3.72. The average Bonchev–Trinajstić information content (AvgIpc) is 2.39. The maximum Gasteiger partial charge on any atom is 0.243 e. The highest BCUT2D eigenvalue weighted by Gasteiger charge is 2.28. The third kappa shape index (κ3) is 2.96. The summed E-state index contributed by atoms with van der Waals surface area (Å²) in [4.78, 5) is 11.2. The molecule has 1 aliphatic heterocycles. The fourth-order valence-electron chi connectivity index (χ4n) is 1.90. The maximum absolute atomic E-state index is 12.4. The average molecular weight is 344 g/mol. The predicted octanol–water partition coefficient (Wildman–Crippen LogP) is 2.24. The van der Waals surface area contributed by atoms with Gasteiger partial charge >= 0.3 is 0 Å². The van der Waals surface area contributed by atoms with Crippen LogP contribution in [0.1, 0.15) is 12.0 Å². The summed E-state index contributed by atoms with van der Waals surface area (Å²) < 4.78 is 27.0. The van der Waals surface area contributed by atoms with Crippen molar-refractivity contribution in [2.75, 3.05) is 13.1 Å². The lowest BCUT2D eigenvalue weighted by Crippen LogP contribution is -2.36. The van der Waals surface area contributed by atoms with E-state index in [4.69, 9.17) is 0 Å². The second-order valence-corrected chi connectivity index (χ2v) is 7.34. The van der Waals surface area contributed by atoms with Gasteiger partial charge in [0.15, 0.2) is 0 Å². The molecule has 0 saturated carbocycles. The van der Waals surface area contributed by atoms with Crippen molar-refractivity contribution in [2.24, 2.45) is 0 Å². The smallest absolute Gasteiger partial charge is 0.243 e. The topological polar surface area (TPSA) is 54.5 Å². The van der Waals surface area contributed by atoms with Gasteiger partial charge in [-0.2, -0.15) is 4.31 Å². The third-order valence-corrected chi connectivity index (χ3v) is 5.84. The van der Waals surface area contributed by atoms with Crippen LogP contribution in [0.5, 0.6) is 0 Å². The standard InChI is InChI=1S/C13H14BrNO3S/c1-10-2-4-12(5-3-10)19(17,18)15-7-6-13(14)11(8-15)9-16/h2-5,9H,6-8H2,1H3. The molecule has 1 aromatic rings. The summed E-state index contributed by atoms with van der Waals surface area (Å²) in [5.74, 6) is 0. The zero-order valence-electron chi connectivity index (χ0n) is 10.5. The van der Waals surface area contributed by atoms with E-state index in [1.165, 1.54) is 4.31 Å². The van der Waals surface area contributed by atoms with Gasteiger partial charge in [-0.1, -0.05) is 33.6 Å². The van der Waals surface area contributed by atoms with Crippen molar-refractivity contribution in [3.05, 3.63) is 39.9 Å². The van der Waals surface area contributed by atoms with Gasteiger partial charge < -0.3 is 0 Å². The Hall–Kier alpha value is -0.980. The van der Waals surface area contributed by atoms with Crippen molar-refractivity contribution in [1.82, 2.24) is 4.31 Å². The van der Waals surface area contributed by atoms with Crippen LogP contribution in [0.4, 0.5) is 0 Å². The molecule has 0 spiro atoms. The van der Waals surface area contributed by atoms with E-state index in [9.17, 15) is 13.2 Å². The van der Waals surface area contributed by atoms with E-state index in [-0.39, 0.29) is 11.4 Å². The van der Waals surface area contributed by atoms with E-state index in [2.05, 4.69) is 15.9 Å². The van der Waals surface area contributed by atoms with Gasteiger partial charge in [-0.15, -0.1) is 0 Å². The summed E-state index contributed by atoms with van der Waals surface area (Å²) in [6, 6.07) is 6.73. The van der Waals surface area contributed by atoms with Crippen molar-refractivity contribution >= 4 is 32.2 Å². The molecule has 1 aliphatic rings. The minimum Gasteiger partial charge on any atom is -0.298 e. The molecule has 0 N–H and O–H groups in total. The minimum atomic E-state index is -3.53. The number of carbonyl (C=O) groups is 1. The zero-order valence-corrected chi connectivity index (χ0v) is 12.9. The zero-order chi connectivity index (χ0) is 14.0. The number of aryl methyl sites for hydroxylation is 1. The second kappa shape index (κ2) is 5.56. The van der Waals surface area contributed by atoms with E-state index >= 15 is 0 Å². The first-order chi connectivity index (χ1) is 8.95. The molecule has 102 valence electrons. The van der Waals surface area contributed by atoms with E-state index < -0.39 is 10.0 Å². The molecule has 0 unspecified atom stereocenters. The number of carbonyl (C=O) groups excluding carboxylic acids is 1. The van der Waals surface area contributed by atoms with Gasteiger partial charge in [-0.05, 0) is 25.5 Å². The molecule has 1 heterocycles. The molecular weight excluding hydrogens is 330 g/mol. The molecule has 0 aliphatic carbocycles. The molecule has 0 saturated heterocycles. The minimum absolute atomic E-state index is 0.125. The maximum atomic E-state index is 12.4. The number of sulfonamides is 1. The van der Waals surface area contributed by atoms with Crippen LogP contribution in [0, 0.1) is 6.92 Å². The summed E-state index contributed by atoms with van der Waals surface area (Å²) in [5, 5.41) is 0. The Morgan fingerprint density at radius 1 is 1.26 bits per heavy atom. The van der Waals surface area contributed by atoms with Crippen LogP contribution in [0.3, 0.4) is 0 Å². The first kappa shape index (κ1) is 14.4. The van der Waals surface area contributed by atoms with Gasteiger partial charge in [0.05, 0.1) is 4.90 Å². The van der Waals surface area contributed by atoms with Crippen LogP contribution in [-0.2, 0) is 14.8 Å². The number of halogens is 1. The Kier molecular flexibility index (Phi) is 4.23. The van der Waals surface area contributed by atoms with Gasteiger partial charge in [-0.3, -0.25) is 4.79 Å². The van der Waals surface area contributed by atoms with Gasteiger partial charge in [0.2, 0.25) is 10.0 Å². The molecule has 2 rings (SSSR count). The lowest BCUT2D eigenvalue weighted by molar-refractivity contribution is -0.105. The monoisotopic (exact) mass is 343 g/mol. The predicted molar refractivity (Wildman–Crippen MR) is 76.6 cm³/mol. The molecule has 0 fully saturated rings. The van der Waals surface area contributed by atoms with Crippen LogP contribution in [0.15, 0.2) is 39.2 Å². The largest absolute Gasteiger partial charge is 0.298 e. The molecule has 1 aromatic carbocycles. The van der Waals surface area contributed by atoms with Gasteiger partial charge in [0.1, 0.15) is 6.29 Å². The molecule has 0 amide bonds. The molecule has 0 radical (unpaired) electrons. The van der Waals surface area contributed by atoms with Crippen LogP contribution in [0.25, 0.3) is 0 Å². The van der Waals surface area contributed by atoms with Crippen molar-refractivity contribution in [2.45, 2.75) is 18.2 Å². The first-order valence-electron chi connectivity index (χ1n) is 5.84. The number of benzene rings is 1. The Morgan fingerprint density at radius 3 is 2.47 bits per heavy atom. The summed E-state index contributed by atoms with van der Waals surface area (Å²) in [6.07, 6.45) is 1.24. The lowest BCUT2D eigenvalue weighted by atomic mass is 10.2. The number of rotatable bonds is 3. The van der Waals surface area contributed by atoms with Crippen molar-refractivity contribution in [3.63, 3.8) is 0 Å². The number of hydrogen-bond acceptors (Lipinski definition) is 3. The van der Waals surface area contributed by atoms with E-state index in [1.807, 2.05) is 6.92 Å². The van der Waals surface area contributed by atoms with Gasteiger partial charge in [-0.25, -0.2) is 8.42 Å². The summed E-state index contributed by atoms with van der Waals surface area (Å²) in [6.45, 7) is 2.41. The normalized spacial score (nSPS) is 17.6. The van der Waals surface area contributed by atoms with Crippen LogP contribution < -0.4 is 0 Å². The Balaban J connectivity index is 2.31. The Bertz CT molecular complexity index is 620. The van der Waals surface area contributed by atoms with Crippen molar-refractivity contribution < 1.29 is 13.2 Å². The molecule has 0 aromatic heterocycles. The van der Waals surface area contributed by atoms with Gasteiger partial charge in [0.25, 0.3) is 0 Å². The lowest BCUT2D eigenvalue weighted by Gasteiger charge is -2.26. The summed E-state index contributed by atoms with van der Waals surface area (Å²) in [7, 11) is -3.53. The molecule has 19 heavy (non-hydrogen) atoms. The highest BCUT2D eigenvalue weighted by molar-refractivity contribution is 9.11. The van der Waals surface area contributed by atoms with Gasteiger partial charge in [0, 0.05) is 23.1 Å². The van der Waals surface area contributed by atoms with Crippen LogP contribution in [-0.4, -0.2) is 32.1 Å². The van der Waals surface area contributed by atoms with Crippen LogP contribution in [0.2, 0.25) is 0 Å². The van der Waals surface area contributed by atoms with Crippen LogP contribution >= 0.6 is 15.9 Å². The first-order valence-corrected chi connectivity index (χ1v) is 8.08. The third-order valence-electron chi connectivity index (χ3n) is 3.08. The second-order valence-electron chi connectivity index (χ2n) is 4.45. The molecule has 0 atom stereocenters. The number of nitrogens with zero attached hydrogens (tertiary/aromatic N) is 1. The highest BCUT2D eigenvalue weighted by Crippen LogP contribution is 2.26. The summed E-state index contributed by atoms with van der Waals surface area (Å²) >= 11 is 3.30. The molecular formula is C13H14BrNO3S.